The Bertz CT molecular complexity index is 388. The molecule has 0 amide bonds. The minimum atomic E-state index is -0.667. The Morgan fingerprint density at radius 2 is 1.60 bits per heavy atom. The van der Waals surface area contributed by atoms with Crippen LogP contribution in [0.5, 0.6) is 0 Å². The number of carbonyl (C=O) groups is 1. The molecule has 0 fully saturated rings. The molecule has 0 aliphatic rings. The molecular formula is C17H26O3. The van der Waals surface area contributed by atoms with E-state index in [0.29, 0.717) is 5.56 Å². The van der Waals surface area contributed by atoms with Gasteiger partial charge in [-0.3, -0.25) is 4.89 Å². The van der Waals surface area contributed by atoms with E-state index >= 15 is 0 Å². The molecular weight excluding hydrogens is 252 g/mol. The van der Waals surface area contributed by atoms with Gasteiger partial charge in [0, 0.05) is 0 Å². The van der Waals surface area contributed by atoms with Gasteiger partial charge in [-0.2, -0.15) is 5.26 Å². The molecule has 1 N–H and O–H groups in total. The molecule has 0 bridgehead atoms. The van der Waals surface area contributed by atoms with Crippen LogP contribution in [0.3, 0.4) is 0 Å². The summed E-state index contributed by atoms with van der Waals surface area (Å²) < 4.78 is 0. The van der Waals surface area contributed by atoms with Crippen LogP contribution in [0, 0.1) is 0 Å². The maximum absolute atomic E-state index is 11.4. The van der Waals surface area contributed by atoms with Gasteiger partial charge in [-0.05, 0) is 24.5 Å². The first-order valence-corrected chi connectivity index (χ1v) is 7.73. The second-order valence-electron chi connectivity index (χ2n) is 5.26. The van der Waals surface area contributed by atoms with Crippen molar-refractivity contribution in [3.63, 3.8) is 0 Å². The third-order valence-electron chi connectivity index (χ3n) is 3.62. The topological polar surface area (TPSA) is 46.5 Å². The van der Waals surface area contributed by atoms with Crippen LogP contribution in [0.2, 0.25) is 0 Å². The lowest BCUT2D eigenvalue weighted by Crippen LogP contribution is -2.05. The van der Waals surface area contributed by atoms with E-state index in [0.717, 1.165) is 18.4 Å². The molecule has 0 heterocycles. The summed E-state index contributed by atoms with van der Waals surface area (Å²) in [6.07, 6.45) is 11.0. The van der Waals surface area contributed by atoms with Gasteiger partial charge in [-0.25, -0.2) is 4.79 Å². The lowest BCUT2D eigenvalue weighted by atomic mass is 10.0. The largest absolute Gasteiger partial charge is 0.373 e. The fraction of sp³-hybridized carbons (Fsp3) is 0.588. The minimum absolute atomic E-state index is 0.470. The van der Waals surface area contributed by atoms with E-state index in [1.165, 1.54) is 44.9 Å². The Balaban J connectivity index is 2.23. The van der Waals surface area contributed by atoms with E-state index in [1.54, 1.807) is 12.1 Å². The number of carbonyl (C=O) groups excluding carboxylic acids is 1. The molecule has 1 aromatic carbocycles. The molecule has 1 rings (SSSR count). The average Bonchev–Trinajstić information content (AvgIpc) is 2.49. The van der Waals surface area contributed by atoms with Gasteiger partial charge in [0.05, 0.1) is 5.56 Å². The molecule has 0 radical (unpaired) electrons. The van der Waals surface area contributed by atoms with E-state index in [-0.39, 0.29) is 0 Å². The first kappa shape index (κ1) is 16.7. The maximum atomic E-state index is 11.4. The van der Waals surface area contributed by atoms with Crippen molar-refractivity contribution in [3.8, 4) is 0 Å². The highest BCUT2D eigenvalue weighted by atomic mass is 17.1. The average molecular weight is 278 g/mol. The van der Waals surface area contributed by atoms with Crippen molar-refractivity contribution in [2.45, 2.75) is 64.7 Å². The third-order valence-corrected chi connectivity index (χ3v) is 3.62. The fourth-order valence-electron chi connectivity index (χ4n) is 2.44. The number of hydrogen-bond acceptors (Lipinski definition) is 3. The highest BCUT2D eigenvalue weighted by molar-refractivity contribution is 5.90. The molecule has 0 aliphatic heterocycles. The monoisotopic (exact) mass is 278 g/mol. The van der Waals surface area contributed by atoms with Gasteiger partial charge in [0.15, 0.2) is 0 Å². The van der Waals surface area contributed by atoms with Gasteiger partial charge in [0.1, 0.15) is 0 Å². The van der Waals surface area contributed by atoms with E-state index in [2.05, 4.69) is 11.8 Å². The Morgan fingerprint density at radius 1 is 1.00 bits per heavy atom. The summed E-state index contributed by atoms with van der Waals surface area (Å²) in [5.74, 6) is -0.667. The van der Waals surface area contributed by atoms with Crippen molar-refractivity contribution in [2.24, 2.45) is 0 Å². The highest BCUT2D eigenvalue weighted by Crippen LogP contribution is 2.15. The quantitative estimate of drug-likeness (QED) is 0.372. The molecule has 112 valence electrons. The minimum Gasteiger partial charge on any atom is -0.295 e. The Hall–Kier alpha value is -1.35. The van der Waals surface area contributed by atoms with Crippen LogP contribution in [0.1, 0.15) is 74.2 Å². The zero-order valence-electron chi connectivity index (χ0n) is 12.4. The van der Waals surface area contributed by atoms with Crippen molar-refractivity contribution >= 4 is 5.97 Å². The molecule has 0 saturated heterocycles. The van der Waals surface area contributed by atoms with Gasteiger partial charge in [-0.1, -0.05) is 70.1 Å². The van der Waals surface area contributed by atoms with Gasteiger partial charge < -0.3 is 0 Å². The van der Waals surface area contributed by atoms with Gasteiger partial charge in [-0.15, -0.1) is 0 Å². The number of rotatable bonds is 10. The maximum Gasteiger partial charge on any atom is 0.373 e. The zero-order valence-corrected chi connectivity index (χ0v) is 12.4. The Labute approximate surface area is 121 Å². The lowest BCUT2D eigenvalue weighted by molar-refractivity contribution is -0.182. The van der Waals surface area contributed by atoms with Crippen molar-refractivity contribution in [1.29, 1.82) is 0 Å². The normalized spacial score (nSPS) is 10.5. The smallest absolute Gasteiger partial charge is 0.295 e. The number of unbranched alkanes of at least 4 members (excludes halogenated alkanes) is 7. The van der Waals surface area contributed by atoms with Crippen LogP contribution in [0.25, 0.3) is 0 Å². The van der Waals surface area contributed by atoms with E-state index in [4.69, 9.17) is 5.26 Å². The lowest BCUT2D eigenvalue weighted by Gasteiger charge is -2.06. The van der Waals surface area contributed by atoms with Crippen LogP contribution < -0.4 is 0 Å². The van der Waals surface area contributed by atoms with Crippen molar-refractivity contribution in [3.05, 3.63) is 35.4 Å². The first-order valence-electron chi connectivity index (χ1n) is 7.73. The molecule has 0 aromatic heterocycles. The predicted molar refractivity (Wildman–Crippen MR) is 80.8 cm³/mol. The van der Waals surface area contributed by atoms with Crippen molar-refractivity contribution < 1.29 is 14.9 Å². The summed E-state index contributed by atoms with van der Waals surface area (Å²) in [5, 5.41) is 8.48. The standard InChI is InChI=1S/C17H26O3/c1-2-3-4-5-6-7-8-9-12-15-13-10-11-14-16(15)17(18)20-19/h10-11,13-14,19H,2-9,12H2,1H3. The molecule has 0 unspecified atom stereocenters. The number of aryl methyl sites for hydroxylation is 1. The predicted octanol–water partition coefficient (Wildman–Crippen LogP) is 5.00. The highest BCUT2D eigenvalue weighted by Gasteiger charge is 2.11. The van der Waals surface area contributed by atoms with Crippen LogP contribution >= 0.6 is 0 Å². The molecule has 0 atom stereocenters. The van der Waals surface area contributed by atoms with Crippen molar-refractivity contribution in [2.75, 3.05) is 0 Å². The summed E-state index contributed by atoms with van der Waals surface area (Å²) in [6, 6.07) is 7.31. The molecule has 0 saturated carbocycles. The molecule has 3 nitrogen and oxygen atoms in total. The van der Waals surface area contributed by atoms with Crippen LogP contribution in [0.4, 0.5) is 0 Å². The molecule has 0 spiro atoms. The number of benzene rings is 1. The summed E-state index contributed by atoms with van der Waals surface area (Å²) >= 11 is 0. The Morgan fingerprint density at radius 3 is 2.25 bits per heavy atom. The van der Waals surface area contributed by atoms with Crippen molar-refractivity contribution in [1.82, 2.24) is 0 Å². The fourth-order valence-corrected chi connectivity index (χ4v) is 2.44. The second-order valence-corrected chi connectivity index (χ2v) is 5.26. The first-order chi connectivity index (χ1) is 9.79. The zero-order chi connectivity index (χ0) is 14.6. The Kier molecular flexibility index (Phi) is 8.72. The van der Waals surface area contributed by atoms with Crippen LogP contribution in [-0.4, -0.2) is 11.2 Å². The molecule has 20 heavy (non-hydrogen) atoms. The summed E-state index contributed by atoms with van der Waals surface area (Å²) in [7, 11) is 0. The van der Waals surface area contributed by atoms with Gasteiger partial charge in [0.25, 0.3) is 0 Å². The number of hydrogen-bond donors (Lipinski definition) is 1. The van der Waals surface area contributed by atoms with E-state index in [9.17, 15) is 4.79 Å². The molecule has 0 aliphatic carbocycles. The summed E-state index contributed by atoms with van der Waals surface area (Å²) in [6.45, 7) is 2.23. The van der Waals surface area contributed by atoms with E-state index in [1.807, 2.05) is 12.1 Å². The summed E-state index contributed by atoms with van der Waals surface area (Å²) in [4.78, 5) is 15.2. The molecule has 3 heteroatoms. The van der Waals surface area contributed by atoms with Crippen LogP contribution in [-0.2, 0) is 11.3 Å². The second kappa shape index (κ2) is 10.4. The van der Waals surface area contributed by atoms with E-state index < -0.39 is 5.97 Å². The third kappa shape index (κ3) is 6.20. The summed E-state index contributed by atoms with van der Waals surface area (Å²) in [5.41, 5.74) is 1.43. The SMILES string of the molecule is CCCCCCCCCCc1ccccc1C(=O)OO. The van der Waals surface area contributed by atoms with Gasteiger partial charge in [0.2, 0.25) is 0 Å². The molecule has 1 aromatic rings. The van der Waals surface area contributed by atoms with Crippen LogP contribution in [0.15, 0.2) is 24.3 Å². The van der Waals surface area contributed by atoms with Gasteiger partial charge >= 0.3 is 5.97 Å².